The van der Waals surface area contributed by atoms with E-state index < -0.39 is 32.7 Å². The third-order valence-electron chi connectivity index (χ3n) is 4.02. The van der Waals surface area contributed by atoms with Crippen LogP contribution in [0.1, 0.15) is 12.0 Å². The second-order valence-corrected chi connectivity index (χ2v) is 7.52. The number of hydrogen-bond acceptors (Lipinski definition) is 5. The normalized spacial score (nSPS) is 21.9. The molecule has 0 spiro atoms. The van der Waals surface area contributed by atoms with Gasteiger partial charge in [0.2, 0.25) is 21.8 Å². The van der Waals surface area contributed by atoms with Crippen molar-refractivity contribution in [2.24, 2.45) is 5.73 Å². The Morgan fingerprint density at radius 3 is 2.83 bits per heavy atom. The van der Waals surface area contributed by atoms with E-state index in [1.807, 2.05) is 0 Å². The van der Waals surface area contributed by atoms with E-state index in [2.05, 4.69) is 5.32 Å². The van der Waals surface area contributed by atoms with E-state index in [-0.39, 0.29) is 37.7 Å². The Labute approximate surface area is 137 Å². The number of ether oxygens (including phenoxy) is 1. The van der Waals surface area contributed by atoms with Crippen LogP contribution in [-0.4, -0.2) is 50.3 Å². The van der Waals surface area contributed by atoms with Gasteiger partial charge in [-0.2, -0.15) is 4.31 Å². The van der Waals surface area contributed by atoms with E-state index in [0.717, 1.165) is 10.4 Å². The first kappa shape index (κ1) is 16.8. The topological polar surface area (TPSA) is 119 Å². The number of sulfonamides is 1. The number of carbonyl (C=O) groups excluding carboxylic acids is 2. The summed E-state index contributed by atoms with van der Waals surface area (Å²) in [7, 11) is -4.15. The van der Waals surface area contributed by atoms with Crippen molar-refractivity contribution >= 4 is 27.5 Å². The molecule has 0 bridgehead atoms. The maximum atomic E-state index is 14.3. The van der Waals surface area contributed by atoms with Gasteiger partial charge in [0, 0.05) is 25.2 Å². The fourth-order valence-electron chi connectivity index (χ4n) is 2.73. The number of aryl methyl sites for hydroxylation is 1. The van der Waals surface area contributed by atoms with Crippen molar-refractivity contribution in [1.29, 1.82) is 0 Å². The van der Waals surface area contributed by atoms with Crippen molar-refractivity contribution < 1.29 is 27.1 Å². The van der Waals surface area contributed by atoms with Crippen LogP contribution < -0.4 is 11.1 Å². The summed E-state index contributed by atoms with van der Waals surface area (Å²) in [5.74, 6) is -1.98. The maximum absolute atomic E-state index is 14.3. The molecule has 130 valence electrons. The van der Waals surface area contributed by atoms with Crippen molar-refractivity contribution in [3.05, 3.63) is 23.5 Å². The van der Waals surface area contributed by atoms with Gasteiger partial charge >= 0.3 is 0 Å². The molecule has 1 atom stereocenters. The quantitative estimate of drug-likeness (QED) is 0.762. The van der Waals surface area contributed by atoms with Crippen LogP contribution in [0.5, 0.6) is 0 Å². The van der Waals surface area contributed by atoms with E-state index in [1.165, 1.54) is 6.07 Å². The molecule has 8 nitrogen and oxygen atoms in total. The highest BCUT2D eigenvalue weighted by Gasteiger charge is 2.35. The van der Waals surface area contributed by atoms with Gasteiger partial charge in [0.25, 0.3) is 0 Å². The van der Waals surface area contributed by atoms with E-state index in [0.29, 0.717) is 12.0 Å². The predicted octanol–water partition coefficient (Wildman–Crippen LogP) is -0.415. The molecule has 0 aliphatic carbocycles. The number of halogens is 1. The zero-order valence-electron chi connectivity index (χ0n) is 12.6. The van der Waals surface area contributed by atoms with Crippen LogP contribution in [0.25, 0.3) is 0 Å². The van der Waals surface area contributed by atoms with E-state index >= 15 is 0 Å². The summed E-state index contributed by atoms with van der Waals surface area (Å²) < 4.78 is 45.9. The third kappa shape index (κ3) is 2.99. The lowest BCUT2D eigenvalue weighted by Gasteiger charge is -2.31. The highest BCUT2D eigenvalue weighted by atomic mass is 32.2. The predicted molar refractivity (Wildman–Crippen MR) is 81.0 cm³/mol. The summed E-state index contributed by atoms with van der Waals surface area (Å²) in [5, 5.41) is 2.51. The molecule has 0 saturated carbocycles. The number of hydrogen-bond donors (Lipinski definition) is 2. The van der Waals surface area contributed by atoms with Crippen LogP contribution >= 0.6 is 0 Å². The molecule has 2 amide bonds. The standard InChI is InChI=1S/C14H16FN3O5S/c15-9-6-10-8(1-2-13(19)17-10)5-12(9)24(21,22)18-3-4-23-11(7-18)14(16)20/h5-6,11H,1-4,7H2,(H2,16,20)(H,17,19). The summed E-state index contributed by atoms with van der Waals surface area (Å²) in [4.78, 5) is 22.1. The summed E-state index contributed by atoms with van der Waals surface area (Å²) in [6.45, 7) is -0.264. The van der Waals surface area contributed by atoms with Crippen molar-refractivity contribution in [3.63, 3.8) is 0 Å². The first-order valence-electron chi connectivity index (χ1n) is 7.32. The highest BCUT2D eigenvalue weighted by Crippen LogP contribution is 2.30. The van der Waals surface area contributed by atoms with Crippen molar-refractivity contribution in [2.75, 3.05) is 25.0 Å². The molecule has 1 aromatic rings. The molecule has 2 aliphatic rings. The number of fused-ring (bicyclic) bond motifs is 1. The zero-order valence-corrected chi connectivity index (χ0v) is 13.4. The number of morpholine rings is 1. The molecule has 24 heavy (non-hydrogen) atoms. The van der Waals surface area contributed by atoms with Gasteiger partial charge in [-0.3, -0.25) is 9.59 Å². The second-order valence-electron chi connectivity index (χ2n) is 5.61. The lowest BCUT2D eigenvalue weighted by Crippen LogP contribution is -2.50. The van der Waals surface area contributed by atoms with Crippen LogP contribution in [-0.2, 0) is 30.8 Å². The molecule has 1 aromatic carbocycles. The van der Waals surface area contributed by atoms with Gasteiger partial charge in [0.15, 0.2) is 0 Å². The van der Waals surface area contributed by atoms with Crippen LogP contribution in [0, 0.1) is 5.82 Å². The van der Waals surface area contributed by atoms with Crippen molar-refractivity contribution in [1.82, 2.24) is 4.31 Å². The Balaban J connectivity index is 1.95. The average Bonchev–Trinajstić information content (AvgIpc) is 2.54. The third-order valence-corrected chi connectivity index (χ3v) is 5.90. The largest absolute Gasteiger partial charge is 0.367 e. The number of amides is 2. The van der Waals surface area contributed by atoms with Crippen LogP contribution in [0.15, 0.2) is 17.0 Å². The Bertz CT molecular complexity index is 811. The zero-order chi connectivity index (χ0) is 17.5. The minimum Gasteiger partial charge on any atom is -0.367 e. The fraction of sp³-hybridized carbons (Fsp3) is 0.429. The molecular formula is C14H16FN3O5S. The number of benzene rings is 1. The summed E-state index contributed by atoms with van der Waals surface area (Å²) in [6, 6.07) is 2.24. The molecular weight excluding hydrogens is 341 g/mol. The van der Waals surface area contributed by atoms with Crippen LogP contribution in [0.2, 0.25) is 0 Å². The Hall–Kier alpha value is -2.04. The Morgan fingerprint density at radius 1 is 1.38 bits per heavy atom. The van der Waals surface area contributed by atoms with Gasteiger partial charge < -0.3 is 15.8 Å². The second kappa shape index (κ2) is 6.11. The molecule has 10 heteroatoms. The molecule has 0 radical (unpaired) electrons. The molecule has 0 aromatic heterocycles. The number of nitrogens with zero attached hydrogens (tertiary/aromatic N) is 1. The highest BCUT2D eigenvalue weighted by molar-refractivity contribution is 7.89. The molecule has 3 rings (SSSR count). The first-order valence-corrected chi connectivity index (χ1v) is 8.76. The molecule has 3 N–H and O–H groups in total. The lowest BCUT2D eigenvalue weighted by molar-refractivity contribution is -0.132. The molecule has 1 saturated heterocycles. The van der Waals surface area contributed by atoms with Crippen molar-refractivity contribution in [3.8, 4) is 0 Å². The minimum atomic E-state index is -4.15. The molecule has 2 aliphatic heterocycles. The van der Waals surface area contributed by atoms with Crippen LogP contribution in [0.4, 0.5) is 10.1 Å². The van der Waals surface area contributed by atoms with Gasteiger partial charge in [-0.1, -0.05) is 0 Å². The molecule has 2 heterocycles. The Kier molecular flexibility index (Phi) is 4.28. The van der Waals surface area contributed by atoms with E-state index in [1.54, 1.807) is 0 Å². The summed E-state index contributed by atoms with van der Waals surface area (Å²) >= 11 is 0. The number of rotatable bonds is 3. The van der Waals surface area contributed by atoms with Gasteiger partial charge in [-0.05, 0) is 24.1 Å². The van der Waals surface area contributed by atoms with Gasteiger partial charge in [0.05, 0.1) is 6.61 Å². The van der Waals surface area contributed by atoms with Gasteiger partial charge in [0.1, 0.15) is 16.8 Å². The Morgan fingerprint density at radius 2 is 2.12 bits per heavy atom. The van der Waals surface area contributed by atoms with Gasteiger partial charge in [-0.25, -0.2) is 12.8 Å². The lowest BCUT2D eigenvalue weighted by atomic mass is 10.0. The monoisotopic (exact) mass is 357 g/mol. The fourth-order valence-corrected chi connectivity index (χ4v) is 4.25. The van der Waals surface area contributed by atoms with Crippen molar-refractivity contribution in [2.45, 2.75) is 23.8 Å². The number of primary amides is 1. The SMILES string of the molecule is NC(=O)C1CN(S(=O)(=O)c2cc3c(cc2F)NC(=O)CC3)CCO1. The van der Waals surface area contributed by atoms with Crippen LogP contribution in [0.3, 0.4) is 0 Å². The average molecular weight is 357 g/mol. The maximum Gasteiger partial charge on any atom is 0.247 e. The smallest absolute Gasteiger partial charge is 0.247 e. The number of nitrogens with two attached hydrogens (primary N) is 1. The van der Waals surface area contributed by atoms with E-state index in [4.69, 9.17) is 10.5 Å². The number of anilines is 1. The number of carbonyl (C=O) groups is 2. The van der Waals surface area contributed by atoms with Gasteiger partial charge in [-0.15, -0.1) is 0 Å². The van der Waals surface area contributed by atoms with E-state index in [9.17, 15) is 22.4 Å². The summed E-state index contributed by atoms with van der Waals surface area (Å²) in [6.07, 6.45) is -0.523. The number of nitrogens with one attached hydrogen (secondary N) is 1. The molecule has 1 unspecified atom stereocenters. The molecule has 1 fully saturated rings. The minimum absolute atomic E-state index is 0.000621. The summed E-state index contributed by atoms with van der Waals surface area (Å²) in [5.41, 5.74) is 5.97. The first-order chi connectivity index (χ1) is 11.3.